The van der Waals surface area contributed by atoms with Crippen molar-refractivity contribution in [3.8, 4) is 17.7 Å². The molecule has 0 atom stereocenters. The molecule has 0 aliphatic rings. The van der Waals surface area contributed by atoms with Gasteiger partial charge in [-0.1, -0.05) is 31.2 Å². The van der Waals surface area contributed by atoms with Crippen LogP contribution in [0.25, 0.3) is 6.08 Å². The maximum atomic E-state index is 12.2. The number of rotatable bonds is 16. The first-order chi connectivity index (χ1) is 18.9. The Bertz CT molecular complexity index is 1100. The zero-order valence-corrected chi connectivity index (χ0v) is 23.7. The SMILES string of the molecule is CCCN=C(N)N(C#N)c1ccc(/C=C/CC(=O)NCCCCN(C)CCc2cc(OC)cc(OC)c2)cc1. The Hall–Kier alpha value is -4.03. The zero-order valence-electron chi connectivity index (χ0n) is 23.7. The van der Waals surface area contributed by atoms with Gasteiger partial charge in [0.15, 0.2) is 6.19 Å². The third-order valence-electron chi connectivity index (χ3n) is 6.07. The predicted octanol–water partition coefficient (Wildman–Crippen LogP) is 4.19. The van der Waals surface area contributed by atoms with Crippen LogP contribution in [0.2, 0.25) is 0 Å². The second kappa shape index (κ2) is 17.5. The van der Waals surface area contributed by atoms with Crippen molar-refractivity contribution in [1.82, 2.24) is 10.2 Å². The molecular weight excluding hydrogens is 492 g/mol. The second-order valence-corrected chi connectivity index (χ2v) is 9.20. The number of unbranched alkanes of at least 4 members (excludes halogenated alkanes) is 1. The minimum absolute atomic E-state index is 0.00115. The summed E-state index contributed by atoms with van der Waals surface area (Å²) in [6.45, 7) is 5.13. The zero-order chi connectivity index (χ0) is 28.5. The summed E-state index contributed by atoms with van der Waals surface area (Å²) in [5.74, 6) is 1.78. The molecule has 0 bridgehead atoms. The van der Waals surface area contributed by atoms with E-state index in [0.717, 1.165) is 55.8 Å². The molecule has 0 saturated carbocycles. The molecule has 39 heavy (non-hydrogen) atoms. The van der Waals surface area contributed by atoms with Crippen LogP contribution in [-0.2, 0) is 11.2 Å². The molecule has 0 aliphatic heterocycles. The normalized spacial score (nSPS) is 11.4. The third kappa shape index (κ3) is 11.5. The number of methoxy groups -OCH3 is 2. The number of nitrogens with zero attached hydrogens (tertiary/aromatic N) is 4. The number of nitrogens with one attached hydrogen (secondary N) is 1. The van der Waals surface area contributed by atoms with Crippen LogP contribution in [-0.4, -0.2) is 64.2 Å². The van der Waals surface area contributed by atoms with Gasteiger partial charge in [-0.2, -0.15) is 5.26 Å². The van der Waals surface area contributed by atoms with E-state index >= 15 is 0 Å². The number of amides is 1. The molecule has 2 rings (SSSR count). The summed E-state index contributed by atoms with van der Waals surface area (Å²) in [7, 11) is 5.43. The minimum Gasteiger partial charge on any atom is -0.497 e. The number of likely N-dealkylation sites (N-methyl/N-ethyl adjacent to an activating group) is 1. The van der Waals surface area contributed by atoms with Gasteiger partial charge in [-0.15, -0.1) is 0 Å². The molecule has 3 N–H and O–H groups in total. The van der Waals surface area contributed by atoms with Crippen molar-refractivity contribution in [2.45, 2.75) is 39.0 Å². The Morgan fingerprint density at radius 1 is 1.10 bits per heavy atom. The van der Waals surface area contributed by atoms with Crippen molar-refractivity contribution in [1.29, 1.82) is 5.26 Å². The number of carbonyl (C=O) groups excluding carboxylic acids is 1. The second-order valence-electron chi connectivity index (χ2n) is 9.20. The van der Waals surface area contributed by atoms with Gasteiger partial charge < -0.3 is 25.4 Å². The minimum atomic E-state index is -0.00115. The van der Waals surface area contributed by atoms with Gasteiger partial charge in [0.2, 0.25) is 11.9 Å². The maximum absolute atomic E-state index is 12.2. The number of nitrogens with two attached hydrogens (primary N) is 1. The summed E-state index contributed by atoms with van der Waals surface area (Å²) in [5, 5.41) is 12.4. The first-order valence-electron chi connectivity index (χ1n) is 13.3. The van der Waals surface area contributed by atoms with E-state index in [9.17, 15) is 10.1 Å². The molecule has 0 heterocycles. The van der Waals surface area contributed by atoms with Crippen LogP contribution in [0.15, 0.2) is 53.5 Å². The Balaban J connectivity index is 1.65. The molecule has 210 valence electrons. The fraction of sp³-hybridized carbons (Fsp3) is 0.433. The van der Waals surface area contributed by atoms with Crippen molar-refractivity contribution in [2.75, 3.05) is 52.3 Å². The molecule has 0 fully saturated rings. The number of hydrogen-bond acceptors (Lipinski definition) is 6. The standard InChI is InChI=1S/C30H42N6O3/c1-5-16-34-30(32)36(23-31)26-13-11-24(12-14-26)9-8-10-29(37)33-17-6-7-18-35(2)19-15-25-20-27(38-3)22-28(21-25)39-4/h8-9,11-14,20-22H,5-7,10,15-19H2,1-4H3,(H2,32,34)(H,33,37)/b9-8+. The first-order valence-corrected chi connectivity index (χ1v) is 13.3. The molecular formula is C30H42N6O3. The molecule has 9 nitrogen and oxygen atoms in total. The van der Waals surface area contributed by atoms with Gasteiger partial charge in [0.1, 0.15) is 11.5 Å². The average molecular weight is 535 g/mol. The number of carbonyl (C=O) groups is 1. The highest BCUT2D eigenvalue weighted by Crippen LogP contribution is 2.23. The average Bonchev–Trinajstić information content (AvgIpc) is 2.95. The summed E-state index contributed by atoms with van der Waals surface area (Å²) < 4.78 is 10.7. The quantitative estimate of drug-likeness (QED) is 0.109. The molecule has 0 saturated heterocycles. The van der Waals surface area contributed by atoms with E-state index in [1.807, 2.05) is 61.5 Å². The number of aliphatic imine (C=N–C) groups is 1. The van der Waals surface area contributed by atoms with Crippen LogP contribution < -0.4 is 25.4 Å². The van der Waals surface area contributed by atoms with E-state index in [-0.39, 0.29) is 11.9 Å². The lowest BCUT2D eigenvalue weighted by molar-refractivity contribution is -0.120. The highest BCUT2D eigenvalue weighted by atomic mass is 16.5. The topological polar surface area (TPSA) is 116 Å². The molecule has 0 aliphatic carbocycles. The summed E-state index contributed by atoms with van der Waals surface area (Å²) >= 11 is 0. The Kier molecular flexibility index (Phi) is 14.0. The van der Waals surface area contributed by atoms with E-state index in [4.69, 9.17) is 15.2 Å². The van der Waals surface area contributed by atoms with E-state index in [1.54, 1.807) is 14.2 Å². The Morgan fingerprint density at radius 2 is 1.79 bits per heavy atom. The predicted molar refractivity (Wildman–Crippen MR) is 158 cm³/mol. The maximum Gasteiger partial charge on any atom is 0.223 e. The molecule has 0 spiro atoms. The van der Waals surface area contributed by atoms with Crippen molar-refractivity contribution in [3.63, 3.8) is 0 Å². The highest BCUT2D eigenvalue weighted by molar-refractivity contribution is 5.97. The van der Waals surface area contributed by atoms with Crippen LogP contribution >= 0.6 is 0 Å². The van der Waals surface area contributed by atoms with E-state index in [0.29, 0.717) is 25.2 Å². The number of anilines is 1. The monoisotopic (exact) mass is 534 g/mol. The largest absolute Gasteiger partial charge is 0.497 e. The Labute approximate surface area is 232 Å². The van der Waals surface area contributed by atoms with Gasteiger partial charge in [0.05, 0.1) is 19.9 Å². The van der Waals surface area contributed by atoms with Gasteiger partial charge in [-0.25, -0.2) is 4.90 Å². The van der Waals surface area contributed by atoms with Gasteiger partial charge in [0, 0.05) is 32.1 Å². The van der Waals surface area contributed by atoms with E-state index in [1.165, 1.54) is 10.5 Å². The molecule has 0 radical (unpaired) electrons. The number of nitriles is 1. The van der Waals surface area contributed by atoms with Gasteiger partial charge in [0.25, 0.3) is 0 Å². The summed E-state index contributed by atoms with van der Waals surface area (Å²) in [6, 6.07) is 13.3. The van der Waals surface area contributed by atoms with Crippen LogP contribution in [0.5, 0.6) is 11.5 Å². The molecule has 2 aromatic rings. The smallest absolute Gasteiger partial charge is 0.223 e. The van der Waals surface area contributed by atoms with E-state index < -0.39 is 0 Å². The fourth-order valence-electron chi connectivity index (χ4n) is 3.82. The van der Waals surface area contributed by atoms with Crippen molar-refractivity contribution >= 4 is 23.6 Å². The number of hydrogen-bond donors (Lipinski definition) is 2. The fourth-order valence-corrected chi connectivity index (χ4v) is 3.82. The number of ether oxygens (including phenoxy) is 2. The molecule has 1 amide bonds. The lowest BCUT2D eigenvalue weighted by Crippen LogP contribution is -2.33. The van der Waals surface area contributed by atoms with Crippen molar-refractivity contribution < 1.29 is 14.3 Å². The number of guanidine groups is 1. The van der Waals surface area contributed by atoms with Crippen LogP contribution in [0.4, 0.5) is 5.69 Å². The molecule has 9 heteroatoms. The van der Waals surface area contributed by atoms with Crippen molar-refractivity contribution in [2.24, 2.45) is 10.7 Å². The van der Waals surface area contributed by atoms with Crippen LogP contribution in [0, 0.1) is 11.5 Å². The summed E-state index contributed by atoms with van der Waals surface area (Å²) in [6.07, 6.45) is 9.80. The van der Waals surface area contributed by atoms with Gasteiger partial charge in [-0.3, -0.25) is 9.79 Å². The first kappa shape index (κ1) is 31.2. The lowest BCUT2D eigenvalue weighted by atomic mass is 10.1. The van der Waals surface area contributed by atoms with E-state index in [2.05, 4.69) is 28.4 Å². The highest BCUT2D eigenvalue weighted by Gasteiger charge is 2.09. The van der Waals surface area contributed by atoms with Gasteiger partial charge >= 0.3 is 0 Å². The third-order valence-corrected chi connectivity index (χ3v) is 6.07. The van der Waals surface area contributed by atoms with Crippen molar-refractivity contribution in [3.05, 3.63) is 59.7 Å². The molecule has 2 aromatic carbocycles. The summed E-state index contributed by atoms with van der Waals surface area (Å²) in [4.78, 5) is 20.0. The molecule has 0 unspecified atom stereocenters. The summed E-state index contributed by atoms with van der Waals surface area (Å²) in [5.41, 5.74) is 8.67. The van der Waals surface area contributed by atoms with Gasteiger partial charge in [-0.05, 0) is 74.7 Å². The number of benzene rings is 2. The lowest BCUT2D eigenvalue weighted by Gasteiger charge is -2.17. The van der Waals surface area contributed by atoms with Crippen LogP contribution in [0.3, 0.4) is 0 Å². The Morgan fingerprint density at radius 3 is 2.41 bits per heavy atom. The molecule has 0 aromatic heterocycles. The van der Waals surface area contributed by atoms with Crippen LogP contribution in [0.1, 0.15) is 43.7 Å².